The Morgan fingerprint density at radius 1 is 0.417 bits per heavy atom. The number of hydrogen-bond donors (Lipinski definition) is 0. The first-order chi connectivity index (χ1) is 13.7. The van der Waals surface area contributed by atoms with Crippen molar-refractivity contribution < 1.29 is 142 Å². The quantitative estimate of drug-likeness (QED) is 0.136. The van der Waals surface area contributed by atoms with E-state index in [1.165, 1.54) is 27.7 Å². The minimum absolute atomic E-state index is 0. The third kappa shape index (κ3) is 298000. The van der Waals surface area contributed by atoms with Crippen molar-refractivity contribution in [3.05, 3.63) is 0 Å². The average molecular weight is 810 g/mol. The standard InChI is InChI=1S/4C2H3N.4Cu.4FH2O3P/c4*1-2-3;;;;;4*1-5(2,3)4/h4*1H3;;;;;4*(H2,2,3,4)/q;;;;4*+2;;;;/p-8. The smallest absolute Gasteiger partial charge is 0.786 e. The molecule has 0 aliphatic heterocycles. The van der Waals surface area contributed by atoms with Crippen LogP contribution in [0.15, 0.2) is 0 Å². The van der Waals surface area contributed by atoms with E-state index < -0.39 is 31.6 Å². The van der Waals surface area contributed by atoms with Gasteiger partial charge in [0.15, 0.2) is 0 Å². The van der Waals surface area contributed by atoms with Crippen LogP contribution < -0.4 is 39.1 Å². The van der Waals surface area contributed by atoms with E-state index in [0.717, 1.165) is 0 Å². The van der Waals surface area contributed by atoms with Crippen LogP contribution in [0, 0.1) is 45.3 Å². The molecule has 0 spiro atoms. The van der Waals surface area contributed by atoms with Crippen LogP contribution in [-0.2, 0) is 86.5 Å². The Labute approximate surface area is 246 Å². The fourth-order valence-electron chi connectivity index (χ4n) is 0. The molecule has 0 saturated carbocycles. The molecule has 4 radical (unpaired) electrons. The summed E-state index contributed by atoms with van der Waals surface area (Å²) in [4.78, 5) is 67.5. The van der Waals surface area contributed by atoms with E-state index in [1.807, 2.05) is 0 Å². The molecule has 0 fully saturated rings. The summed E-state index contributed by atoms with van der Waals surface area (Å²) in [7, 11) is -22.6. The molecule has 0 bridgehead atoms. The number of rotatable bonds is 0. The molecule has 228 valence electrons. The molecule has 0 aliphatic rings. The molecule has 0 amide bonds. The normalized spacial score (nSPS) is 7.44. The number of nitrogens with zero attached hydrogens (tertiary/aromatic N) is 4. The average Bonchev–Trinajstić information content (AvgIpc) is 2.32. The van der Waals surface area contributed by atoms with Crippen molar-refractivity contribution in [1.29, 1.82) is 21.0 Å². The van der Waals surface area contributed by atoms with Crippen molar-refractivity contribution in [2.45, 2.75) is 27.7 Å². The van der Waals surface area contributed by atoms with Crippen LogP contribution in [0.4, 0.5) is 16.8 Å². The van der Waals surface area contributed by atoms with Crippen LogP contribution in [0.25, 0.3) is 0 Å². The van der Waals surface area contributed by atoms with Crippen LogP contribution in [0.2, 0.25) is 0 Å². The van der Waals surface area contributed by atoms with Gasteiger partial charge in [0.25, 0.3) is 0 Å². The van der Waals surface area contributed by atoms with Crippen molar-refractivity contribution in [1.82, 2.24) is 0 Å². The Morgan fingerprint density at radius 2 is 0.417 bits per heavy atom. The summed E-state index contributed by atoms with van der Waals surface area (Å²) in [6.07, 6.45) is 0. The molecule has 0 aliphatic carbocycles. The van der Waals surface area contributed by atoms with Crippen molar-refractivity contribution in [2.75, 3.05) is 0 Å². The van der Waals surface area contributed by atoms with Gasteiger partial charge in [-0.25, -0.2) is 16.8 Å². The van der Waals surface area contributed by atoms with Gasteiger partial charge in [-0.15, -0.1) is 0 Å². The molecule has 16 nitrogen and oxygen atoms in total. The molecule has 0 N–H and O–H groups in total. The van der Waals surface area contributed by atoms with Gasteiger partial charge in [0.1, 0.15) is 31.6 Å². The summed E-state index contributed by atoms with van der Waals surface area (Å²) in [6, 6.07) is 7.00. The minimum atomic E-state index is -5.64. The van der Waals surface area contributed by atoms with Crippen LogP contribution >= 0.6 is 31.6 Å². The number of nitriles is 4. The molecule has 0 heterocycles. The van der Waals surface area contributed by atoms with E-state index in [0.29, 0.717) is 0 Å². The Bertz CT molecular complexity index is 608. The van der Waals surface area contributed by atoms with Gasteiger partial charge >= 0.3 is 68.3 Å². The molecule has 0 aromatic heterocycles. The van der Waals surface area contributed by atoms with Gasteiger partial charge in [0.05, 0.1) is 24.3 Å². The van der Waals surface area contributed by atoms with Crippen LogP contribution in [0.1, 0.15) is 27.7 Å². The predicted octanol–water partition coefficient (Wildman–Crippen LogP) is -2.75. The fourth-order valence-corrected chi connectivity index (χ4v) is 0. The maximum Gasteiger partial charge on any atom is 2.00 e. The SMILES string of the molecule is CC#N.CC#N.CC#N.CC#N.O=P([O-])([O-])F.O=P([O-])([O-])F.O=P([O-])([O-])F.O=P([O-])([O-])F.[Cu+2].[Cu+2].[Cu+2].[Cu+2]. The topological polar surface area (TPSA) is 348 Å². The van der Waals surface area contributed by atoms with Gasteiger partial charge < -0.3 is 57.4 Å². The van der Waals surface area contributed by atoms with E-state index in [2.05, 4.69) is 0 Å². The monoisotopic (exact) mass is 808 g/mol. The molecule has 0 aromatic carbocycles. The molecule has 28 heteroatoms. The van der Waals surface area contributed by atoms with Gasteiger partial charge in [-0.3, -0.25) is 0 Å². The summed E-state index contributed by atoms with van der Waals surface area (Å²) in [6.45, 7) is 5.72. The summed E-state index contributed by atoms with van der Waals surface area (Å²) in [5.41, 5.74) is 0. The zero-order valence-corrected chi connectivity index (χ0v) is 24.5. The largest absolute Gasteiger partial charge is 2.00 e. The third-order valence-corrected chi connectivity index (χ3v) is 0. The molecular weight excluding hydrogens is 798 g/mol. The summed E-state index contributed by atoms with van der Waals surface area (Å²) in [5, 5.41) is 29.3. The molecule has 0 rings (SSSR count). The molecule has 36 heavy (non-hydrogen) atoms. The predicted molar refractivity (Wildman–Crippen MR) is 80.0 cm³/mol. The molecular formula is C8H12Cu4F4N4O12P4. The second kappa shape index (κ2) is 51.9. The number of hydrogen-bond acceptors (Lipinski definition) is 16. The van der Waals surface area contributed by atoms with Gasteiger partial charge in [-0.1, -0.05) is 0 Å². The van der Waals surface area contributed by atoms with E-state index >= 15 is 0 Å². The Morgan fingerprint density at radius 3 is 0.417 bits per heavy atom. The molecule has 0 unspecified atom stereocenters. The fraction of sp³-hybridized carbons (Fsp3) is 0.500. The second-order valence-electron chi connectivity index (χ2n) is 2.62. The zero-order chi connectivity index (χ0) is 28.8. The van der Waals surface area contributed by atoms with E-state index in [9.17, 15) is 16.8 Å². The molecule has 0 aromatic rings. The second-order valence-corrected chi connectivity index (χ2v) is 6.06. The van der Waals surface area contributed by atoms with Crippen LogP contribution in [0.5, 0.6) is 0 Å². The Hall–Kier alpha value is 0.358. The first-order valence-corrected chi connectivity index (χ1v) is 11.5. The summed E-state index contributed by atoms with van der Waals surface area (Å²) >= 11 is 0. The Kier molecular flexibility index (Phi) is 110. The van der Waals surface area contributed by atoms with Gasteiger partial charge in [0, 0.05) is 27.7 Å². The first kappa shape index (κ1) is 76.6. The number of halogens is 4. The van der Waals surface area contributed by atoms with Crippen LogP contribution in [-0.4, -0.2) is 0 Å². The van der Waals surface area contributed by atoms with Crippen molar-refractivity contribution in [2.24, 2.45) is 0 Å². The van der Waals surface area contributed by atoms with E-state index in [-0.39, 0.29) is 68.3 Å². The first-order valence-electron chi connectivity index (χ1n) is 5.76. The zero-order valence-electron chi connectivity index (χ0n) is 17.2. The Balaban J connectivity index is -0.0000000182. The van der Waals surface area contributed by atoms with E-state index in [4.69, 9.17) is 78.5 Å². The summed E-state index contributed by atoms with van der Waals surface area (Å²) in [5.74, 6) is 0. The van der Waals surface area contributed by atoms with Crippen LogP contribution in [0.3, 0.4) is 0 Å². The van der Waals surface area contributed by atoms with Gasteiger partial charge in [-0.05, 0) is 0 Å². The summed E-state index contributed by atoms with van der Waals surface area (Å²) < 4.78 is 74.3. The van der Waals surface area contributed by atoms with E-state index in [1.54, 1.807) is 24.3 Å². The van der Waals surface area contributed by atoms with Crippen molar-refractivity contribution >= 4 is 31.6 Å². The minimum Gasteiger partial charge on any atom is -0.786 e. The van der Waals surface area contributed by atoms with Crippen molar-refractivity contribution in [3.63, 3.8) is 0 Å². The maximum atomic E-state index is 10.1. The third-order valence-electron chi connectivity index (χ3n) is 0. The van der Waals surface area contributed by atoms with Crippen molar-refractivity contribution in [3.8, 4) is 24.3 Å². The maximum absolute atomic E-state index is 10.1. The molecule has 0 saturated heterocycles. The van der Waals surface area contributed by atoms with Gasteiger partial charge in [-0.2, -0.15) is 21.0 Å². The van der Waals surface area contributed by atoms with Gasteiger partial charge in [0.2, 0.25) is 0 Å². The molecule has 0 atom stereocenters.